The number of tetrazole rings is 2. The minimum atomic E-state index is 0.454. The quantitative estimate of drug-likeness (QED) is 0.540. The van der Waals surface area contributed by atoms with Gasteiger partial charge in [-0.3, -0.25) is 0 Å². The lowest BCUT2D eigenvalue weighted by Gasteiger charge is -1.96. The van der Waals surface area contributed by atoms with E-state index in [1.807, 2.05) is 12.1 Å². The predicted molar refractivity (Wildman–Crippen MR) is 71.7 cm³/mol. The normalized spacial score (nSPS) is 11.1. The molecule has 0 atom stereocenters. The highest BCUT2D eigenvalue weighted by molar-refractivity contribution is 6.30. The summed E-state index contributed by atoms with van der Waals surface area (Å²) in [5.74, 6) is 0.909. The van der Waals surface area contributed by atoms with E-state index in [1.165, 1.54) is 9.43 Å². The van der Waals surface area contributed by atoms with E-state index in [1.54, 1.807) is 24.3 Å². The van der Waals surface area contributed by atoms with Gasteiger partial charge >= 0.3 is 0 Å². The van der Waals surface area contributed by atoms with Crippen molar-refractivity contribution in [2.24, 2.45) is 0 Å². The Morgan fingerprint density at radius 2 is 1.90 bits per heavy atom. The van der Waals surface area contributed by atoms with Crippen LogP contribution in [0.4, 0.5) is 0 Å². The van der Waals surface area contributed by atoms with Crippen LogP contribution in [-0.2, 0) is 0 Å². The summed E-state index contributed by atoms with van der Waals surface area (Å²) in [4.78, 5) is 1.30. The van der Waals surface area contributed by atoms with Gasteiger partial charge < -0.3 is 0 Å². The zero-order valence-electron chi connectivity index (χ0n) is 10.4. The van der Waals surface area contributed by atoms with E-state index in [0.29, 0.717) is 22.3 Å². The SMILES string of the molecule is Clc1cccc(-c2nnn(-c3ccc4nnnn4n3)n2)c1. The Hall–Kier alpha value is -2.94. The fourth-order valence-corrected chi connectivity index (χ4v) is 1.99. The van der Waals surface area contributed by atoms with Crippen molar-refractivity contribution in [3.05, 3.63) is 41.4 Å². The maximum atomic E-state index is 5.95. The fraction of sp³-hybridized carbons (Fsp3) is 0. The van der Waals surface area contributed by atoms with Gasteiger partial charge in [0.05, 0.1) is 0 Å². The number of nitrogens with zero attached hydrogens (tertiary/aromatic N) is 9. The molecule has 102 valence electrons. The predicted octanol–water partition coefficient (Wildman–Crippen LogP) is 0.815. The Kier molecular flexibility index (Phi) is 2.57. The molecule has 0 amide bonds. The Labute approximate surface area is 122 Å². The molecule has 0 spiro atoms. The van der Waals surface area contributed by atoms with Crippen molar-refractivity contribution in [1.82, 2.24) is 45.5 Å². The molecule has 10 heteroatoms. The molecule has 0 unspecified atom stereocenters. The van der Waals surface area contributed by atoms with Crippen molar-refractivity contribution in [2.45, 2.75) is 0 Å². The van der Waals surface area contributed by atoms with Gasteiger partial charge in [0.1, 0.15) is 0 Å². The van der Waals surface area contributed by atoms with Crippen LogP contribution in [0.5, 0.6) is 0 Å². The molecule has 0 saturated carbocycles. The van der Waals surface area contributed by atoms with E-state index >= 15 is 0 Å². The largest absolute Gasteiger partial charge is 0.205 e. The molecule has 0 N–H and O–H groups in total. The van der Waals surface area contributed by atoms with Crippen LogP contribution in [0.25, 0.3) is 22.9 Å². The second-order valence-electron chi connectivity index (χ2n) is 4.13. The number of benzene rings is 1. The van der Waals surface area contributed by atoms with Crippen LogP contribution < -0.4 is 0 Å². The molecule has 0 bridgehead atoms. The highest BCUT2D eigenvalue weighted by Crippen LogP contribution is 2.18. The van der Waals surface area contributed by atoms with Gasteiger partial charge in [0.25, 0.3) is 0 Å². The highest BCUT2D eigenvalue weighted by Gasteiger charge is 2.10. The van der Waals surface area contributed by atoms with Gasteiger partial charge in [-0.25, -0.2) is 0 Å². The number of hydrogen-bond acceptors (Lipinski definition) is 7. The molecule has 4 aromatic rings. The van der Waals surface area contributed by atoms with E-state index in [4.69, 9.17) is 11.6 Å². The zero-order valence-corrected chi connectivity index (χ0v) is 11.1. The highest BCUT2D eigenvalue weighted by atomic mass is 35.5. The Bertz CT molecular complexity index is 928. The number of halogens is 1. The van der Waals surface area contributed by atoms with Crippen molar-refractivity contribution < 1.29 is 0 Å². The third-order valence-electron chi connectivity index (χ3n) is 2.76. The van der Waals surface area contributed by atoms with E-state index in [-0.39, 0.29) is 0 Å². The van der Waals surface area contributed by atoms with Crippen LogP contribution in [0, 0.1) is 0 Å². The molecular weight excluding hydrogens is 294 g/mol. The molecular formula is C11H6ClN9. The van der Waals surface area contributed by atoms with Gasteiger partial charge in [0, 0.05) is 10.6 Å². The van der Waals surface area contributed by atoms with E-state index in [0.717, 1.165) is 5.56 Å². The smallest absolute Gasteiger partial charge is 0.125 e. The van der Waals surface area contributed by atoms with Crippen LogP contribution >= 0.6 is 11.6 Å². The van der Waals surface area contributed by atoms with Gasteiger partial charge in [-0.1, -0.05) is 23.7 Å². The molecule has 3 heterocycles. The van der Waals surface area contributed by atoms with Gasteiger partial charge in [-0.15, -0.1) is 29.8 Å². The summed E-state index contributed by atoms with van der Waals surface area (Å²) in [6.45, 7) is 0. The summed E-state index contributed by atoms with van der Waals surface area (Å²) in [5.41, 5.74) is 1.31. The van der Waals surface area contributed by atoms with Crippen LogP contribution in [-0.4, -0.2) is 45.5 Å². The van der Waals surface area contributed by atoms with Crippen molar-refractivity contribution >= 4 is 17.2 Å². The van der Waals surface area contributed by atoms with Gasteiger partial charge in [0.15, 0.2) is 11.5 Å². The number of fused-ring (bicyclic) bond motifs is 1. The molecule has 3 aromatic heterocycles. The third-order valence-corrected chi connectivity index (χ3v) is 2.99. The minimum absolute atomic E-state index is 0.454. The topological polar surface area (TPSA) is 99.6 Å². The Balaban J connectivity index is 1.76. The molecule has 1 aromatic carbocycles. The first-order valence-electron chi connectivity index (χ1n) is 5.91. The molecule has 4 rings (SSSR count). The number of rotatable bonds is 2. The van der Waals surface area contributed by atoms with Gasteiger partial charge in [-0.05, 0) is 39.9 Å². The van der Waals surface area contributed by atoms with E-state index in [9.17, 15) is 0 Å². The summed E-state index contributed by atoms with van der Waals surface area (Å²) >= 11 is 5.95. The lowest BCUT2D eigenvalue weighted by molar-refractivity contribution is 0.651. The minimum Gasteiger partial charge on any atom is -0.125 e. The first-order chi connectivity index (χ1) is 10.3. The van der Waals surface area contributed by atoms with Crippen LogP contribution in [0.1, 0.15) is 0 Å². The van der Waals surface area contributed by atoms with Crippen LogP contribution in [0.2, 0.25) is 5.02 Å². The lowest BCUT2D eigenvalue weighted by Crippen LogP contribution is -2.06. The monoisotopic (exact) mass is 299 g/mol. The average Bonchev–Trinajstić information content (AvgIpc) is 3.15. The maximum Gasteiger partial charge on any atom is 0.205 e. The third kappa shape index (κ3) is 2.09. The average molecular weight is 300 g/mol. The van der Waals surface area contributed by atoms with Crippen molar-refractivity contribution in [3.8, 4) is 17.2 Å². The van der Waals surface area contributed by atoms with Crippen molar-refractivity contribution in [1.29, 1.82) is 0 Å². The molecule has 0 aliphatic rings. The molecule has 9 nitrogen and oxygen atoms in total. The molecule has 0 aliphatic carbocycles. The van der Waals surface area contributed by atoms with Gasteiger partial charge in [-0.2, -0.15) is 0 Å². The van der Waals surface area contributed by atoms with Gasteiger partial charge in [0.2, 0.25) is 5.82 Å². The lowest BCUT2D eigenvalue weighted by atomic mass is 10.2. The summed E-state index contributed by atoms with van der Waals surface area (Å²) < 4.78 is 1.29. The second kappa shape index (κ2) is 4.56. The van der Waals surface area contributed by atoms with Crippen molar-refractivity contribution in [3.63, 3.8) is 0 Å². The molecule has 21 heavy (non-hydrogen) atoms. The van der Waals surface area contributed by atoms with E-state index < -0.39 is 0 Å². The summed E-state index contributed by atoms with van der Waals surface area (Å²) in [7, 11) is 0. The molecule has 0 fully saturated rings. The molecule has 0 saturated heterocycles. The Morgan fingerprint density at radius 3 is 2.81 bits per heavy atom. The zero-order chi connectivity index (χ0) is 14.2. The van der Waals surface area contributed by atoms with Crippen LogP contribution in [0.3, 0.4) is 0 Å². The van der Waals surface area contributed by atoms with Crippen LogP contribution in [0.15, 0.2) is 36.4 Å². The fourth-order valence-electron chi connectivity index (χ4n) is 1.80. The number of aromatic nitrogens is 9. The maximum absolute atomic E-state index is 5.95. The second-order valence-corrected chi connectivity index (χ2v) is 4.57. The Morgan fingerprint density at radius 1 is 0.952 bits per heavy atom. The summed E-state index contributed by atoms with van der Waals surface area (Å²) in [6, 6.07) is 10.6. The summed E-state index contributed by atoms with van der Waals surface area (Å²) in [6.07, 6.45) is 0. The van der Waals surface area contributed by atoms with Crippen molar-refractivity contribution in [2.75, 3.05) is 0 Å². The van der Waals surface area contributed by atoms with E-state index in [2.05, 4.69) is 36.0 Å². The molecule has 0 radical (unpaired) electrons. The summed E-state index contributed by atoms with van der Waals surface area (Å²) in [5, 5.41) is 28.0. The first kappa shape index (κ1) is 11.9. The standard InChI is InChI=1S/C11H6ClN9/c12-8-3-1-2-7(6-8)11-14-18-21(16-11)10-5-4-9-13-17-19-20(9)15-10/h1-6H. The number of hydrogen-bond donors (Lipinski definition) is 0. The molecule has 0 aliphatic heterocycles. The first-order valence-corrected chi connectivity index (χ1v) is 6.29.